The maximum atomic E-state index is 5.48. The summed E-state index contributed by atoms with van der Waals surface area (Å²) in [6, 6.07) is 12.4. The standard InChI is InChI=1S/C21H17N5O/c1-13(14-5-6-19-15(8-14)4-3-7-22-19)20-18-9-16(10-23-21(18)27-25-20)17-11-24-26(2)12-17/h3-13H,1-2H3. The van der Waals surface area contributed by atoms with Crippen LogP contribution in [0.5, 0.6) is 0 Å². The van der Waals surface area contributed by atoms with Crippen LogP contribution in [0.3, 0.4) is 0 Å². The van der Waals surface area contributed by atoms with Crippen LogP contribution in [0.1, 0.15) is 24.1 Å². The molecule has 132 valence electrons. The van der Waals surface area contributed by atoms with Crippen molar-refractivity contribution >= 4 is 22.0 Å². The predicted molar refractivity (Wildman–Crippen MR) is 103 cm³/mol. The molecule has 1 unspecified atom stereocenters. The van der Waals surface area contributed by atoms with E-state index in [2.05, 4.69) is 51.4 Å². The molecule has 0 N–H and O–H groups in total. The first-order chi connectivity index (χ1) is 13.2. The highest BCUT2D eigenvalue weighted by Crippen LogP contribution is 2.32. The van der Waals surface area contributed by atoms with Crippen LogP contribution >= 0.6 is 0 Å². The van der Waals surface area contributed by atoms with Crippen molar-refractivity contribution < 1.29 is 4.52 Å². The molecule has 1 aromatic carbocycles. The van der Waals surface area contributed by atoms with Gasteiger partial charge in [-0.2, -0.15) is 5.10 Å². The van der Waals surface area contributed by atoms with Gasteiger partial charge >= 0.3 is 0 Å². The number of aryl methyl sites for hydroxylation is 1. The summed E-state index contributed by atoms with van der Waals surface area (Å²) < 4.78 is 7.26. The molecule has 0 spiro atoms. The van der Waals surface area contributed by atoms with Crippen LogP contribution in [0.4, 0.5) is 0 Å². The fourth-order valence-corrected chi connectivity index (χ4v) is 3.41. The molecule has 0 bridgehead atoms. The molecule has 1 atom stereocenters. The molecule has 0 aliphatic rings. The molecule has 0 aliphatic carbocycles. The van der Waals surface area contributed by atoms with Gasteiger partial charge in [-0.05, 0) is 29.8 Å². The minimum Gasteiger partial charge on any atom is -0.336 e. The lowest BCUT2D eigenvalue weighted by Gasteiger charge is -2.10. The second kappa shape index (κ2) is 6.02. The zero-order chi connectivity index (χ0) is 18.4. The lowest BCUT2D eigenvalue weighted by Crippen LogP contribution is -1.97. The van der Waals surface area contributed by atoms with E-state index in [9.17, 15) is 0 Å². The third-order valence-corrected chi connectivity index (χ3v) is 4.93. The molecule has 6 heteroatoms. The van der Waals surface area contributed by atoms with E-state index in [-0.39, 0.29) is 5.92 Å². The molecule has 5 aromatic rings. The maximum Gasteiger partial charge on any atom is 0.257 e. The van der Waals surface area contributed by atoms with E-state index in [1.54, 1.807) is 10.9 Å². The molecule has 0 radical (unpaired) electrons. The Morgan fingerprint density at radius 1 is 1.04 bits per heavy atom. The average Bonchev–Trinajstić information content (AvgIpc) is 3.32. The number of hydrogen-bond acceptors (Lipinski definition) is 5. The van der Waals surface area contributed by atoms with Crippen LogP contribution in [0.2, 0.25) is 0 Å². The second-order valence-corrected chi connectivity index (χ2v) is 6.72. The molecule has 27 heavy (non-hydrogen) atoms. The monoisotopic (exact) mass is 355 g/mol. The van der Waals surface area contributed by atoms with E-state index < -0.39 is 0 Å². The first kappa shape index (κ1) is 15.7. The van der Waals surface area contributed by atoms with E-state index >= 15 is 0 Å². The lowest BCUT2D eigenvalue weighted by atomic mass is 9.94. The van der Waals surface area contributed by atoms with Crippen LogP contribution in [0.15, 0.2) is 65.7 Å². The number of hydrogen-bond donors (Lipinski definition) is 0. The lowest BCUT2D eigenvalue weighted by molar-refractivity contribution is 0.436. The van der Waals surface area contributed by atoms with E-state index in [1.807, 2.05) is 37.8 Å². The van der Waals surface area contributed by atoms with Gasteiger partial charge in [-0.1, -0.05) is 24.2 Å². The molecule has 0 fully saturated rings. The van der Waals surface area contributed by atoms with Crippen molar-refractivity contribution in [3.05, 3.63) is 72.4 Å². The molecule has 0 aliphatic heterocycles. The first-order valence-corrected chi connectivity index (χ1v) is 8.78. The summed E-state index contributed by atoms with van der Waals surface area (Å²) >= 11 is 0. The number of rotatable bonds is 3. The minimum atomic E-state index is 0.0711. The van der Waals surface area contributed by atoms with Crippen LogP contribution in [-0.4, -0.2) is 24.9 Å². The van der Waals surface area contributed by atoms with Gasteiger partial charge in [-0.25, -0.2) is 4.98 Å². The third kappa shape index (κ3) is 2.66. The Balaban J connectivity index is 1.60. The van der Waals surface area contributed by atoms with Crippen molar-refractivity contribution in [3.63, 3.8) is 0 Å². The van der Waals surface area contributed by atoms with E-state index in [0.717, 1.165) is 38.7 Å². The van der Waals surface area contributed by atoms with Crippen molar-refractivity contribution in [1.82, 2.24) is 24.9 Å². The number of nitrogens with zero attached hydrogens (tertiary/aromatic N) is 5. The van der Waals surface area contributed by atoms with Crippen LogP contribution in [-0.2, 0) is 7.05 Å². The van der Waals surface area contributed by atoms with Crippen molar-refractivity contribution in [3.8, 4) is 11.1 Å². The summed E-state index contributed by atoms with van der Waals surface area (Å²) in [6.07, 6.45) is 7.40. The van der Waals surface area contributed by atoms with Crippen LogP contribution in [0, 0.1) is 0 Å². The summed E-state index contributed by atoms with van der Waals surface area (Å²) in [4.78, 5) is 8.83. The van der Waals surface area contributed by atoms with Crippen LogP contribution < -0.4 is 0 Å². The highest BCUT2D eigenvalue weighted by atomic mass is 16.5. The van der Waals surface area contributed by atoms with E-state index in [0.29, 0.717) is 5.71 Å². The Kier molecular flexibility index (Phi) is 3.50. The Morgan fingerprint density at radius 2 is 1.96 bits per heavy atom. The number of fused-ring (bicyclic) bond motifs is 2. The summed E-state index contributed by atoms with van der Waals surface area (Å²) in [5.74, 6) is 0.0711. The summed E-state index contributed by atoms with van der Waals surface area (Å²) in [6.45, 7) is 2.13. The quantitative estimate of drug-likeness (QED) is 0.482. The fraction of sp³-hybridized carbons (Fsp3) is 0.143. The maximum absolute atomic E-state index is 5.48. The SMILES string of the molecule is CC(c1ccc2ncccc2c1)c1noc2ncc(-c3cnn(C)c3)cc12. The molecule has 0 saturated heterocycles. The molecular weight excluding hydrogens is 338 g/mol. The van der Waals surface area contributed by atoms with Crippen molar-refractivity contribution in [2.45, 2.75) is 12.8 Å². The Hall–Kier alpha value is -3.54. The van der Waals surface area contributed by atoms with Crippen molar-refractivity contribution in [2.24, 2.45) is 7.05 Å². The average molecular weight is 355 g/mol. The fourth-order valence-electron chi connectivity index (χ4n) is 3.41. The second-order valence-electron chi connectivity index (χ2n) is 6.72. The van der Waals surface area contributed by atoms with Gasteiger partial charge in [0.25, 0.3) is 5.71 Å². The van der Waals surface area contributed by atoms with Crippen molar-refractivity contribution in [2.75, 3.05) is 0 Å². The Bertz CT molecular complexity index is 1270. The number of aromatic nitrogens is 5. The van der Waals surface area contributed by atoms with Gasteiger partial charge in [0.15, 0.2) is 0 Å². The normalized spacial score (nSPS) is 12.7. The Labute approximate surface area is 155 Å². The topological polar surface area (TPSA) is 69.6 Å². The molecular formula is C21H17N5O. The highest BCUT2D eigenvalue weighted by molar-refractivity contribution is 5.83. The molecule has 4 heterocycles. The third-order valence-electron chi connectivity index (χ3n) is 4.93. The Morgan fingerprint density at radius 3 is 2.81 bits per heavy atom. The number of pyridine rings is 2. The largest absolute Gasteiger partial charge is 0.336 e. The number of benzene rings is 1. The highest BCUT2D eigenvalue weighted by Gasteiger charge is 2.19. The van der Waals surface area contributed by atoms with Gasteiger partial charge in [0.2, 0.25) is 0 Å². The van der Waals surface area contributed by atoms with Crippen LogP contribution in [0.25, 0.3) is 33.1 Å². The summed E-state index contributed by atoms with van der Waals surface area (Å²) in [7, 11) is 1.90. The van der Waals surface area contributed by atoms with Gasteiger partial charge in [0.1, 0.15) is 5.69 Å². The summed E-state index contributed by atoms with van der Waals surface area (Å²) in [5.41, 5.74) is 5.59. The van der Waals surface area contributed by atoms with Crippen molar-refractivity contribution in [1.29, 1.82) is 0 Å². The first-order valence-electron chi connectivity index (χ1n) is 8.78. The molecule has 6 nitrogen and oxygen atoms in total. The zero-order valence-corrected chi connectivity index (χ0v) is 15.0. The van der Waals surface area contributed by atoms with Gasteiger partial charge in [0.05, 0.1) is 17.1 Å². The van der Waals surface area contributed by atoms with Gasteiger partial charge in [-0.3, -0.25) is 9.67 Å². The van der Waals surface area contributed by atoms with Gasteiger partial charge in [0, 0.05) is 48.1 Å². The predicted octanol–water partition coefficient (Wildman–Crippen LogP) is 4.32. The van der Waals surface area contributed by atoms with Gasteiger partial charge < -0.3 is 4.52 Å². The van der Waals surface area contributed by atoms with Gasteiger partial charge in [-0.15, -0.1) is 0 Å². The molecule has 5 rings (SSSR count). The van der Waals surface area contributed by atoms with E-state index in [1.165, 1.54) is 0 Å². The minimum absolute atomic E-state index is 0.0711. The molecule has 0 amide bonds. The molecule has 4 aromatic heterocycles. The smallest absolute Gasteiger partial charge is 0.257 e. The molecule has 0 saturated carbocycles. The zero-order valence-electron chi connectivity index (χ0n) is 15.0. The van der Waals surface area contributed by atoms with E-state index in [4.69, 9.17) is 4.52 Å². The summed E-state index contributed by atoms with van der Waals surface area (Å²) in [5, 5.41) is 10.6.